The highest BCUT2D eigenvalue weighted by Crippen LogP contribution is 2.31. The van der Waals surface area contributed by atoms with Crippen LogP contribution in [-0.4, -0.2) is 6.54 Å². The summed E-state index contributed by atoms with van der Waals surface area (Å²) in [5, 5.41) is 3.74. The van der Waals surface area contributed by atoms with E-state index in [1.54, 1.807) is 0 Å². The van der Waals surface area contributed by atoms with Crippen molar-refractivity contribution < 1.29 is 0 Å². The molecule has 1 aliphatic rings. The number of hydrogen-bond acceptors (Lipinski definition) is 1. The standard InChI is InChI=1S/C18H29N/c1-3-13-19-18(12-11-16-8-4-5-9-16)17-10-6-7-15(2)14-17/h6-7,10,14,16,18-19H,3-5,8-9,11-13H2,1-2H3. The molecule has 0 radical (unpaired) electrons. The van der Waals surface area contributed by atoms with Crippen LogP contribution in [-0.2, 0) is 0 Å². The molecule has 0 heterocycles. The molecule has 1 aromatic rings. The molecule has 0 aromatic heterocycles. The summed E-state index contributed by atoms with van der Waals surface area (Å²) in [5.41, 5.74) is 2.85. The highest BCUT2D eigenvalue weighted by atomic mass is 14.9. The van der Waals surface area contributed by atoms with E-state index >= 15 is 0 Å². The Hall–Kier alpha value is -0.820. The van der Waals surface area contributed by atoms with Gasteiger partial charge in [-0.25, -0.2) is 0 Å². The summed E-state index contributed by atoms with van der Waals surface area (Å²) in [6.45, 7) is 5.57. The Bertz CT molecular complexity index is 366. The van der Waals surface area contributed by atoms with E-state index in [1.165, 1.54) is 56.1 Å². The predicted molar refractivity (Wildman–Crippen MR) is 83.4 cm³/mol. The second-order valence-electron chi connectivity index (χ2n) is 6.15. The van der Waals surface area contributed by atoms with Gasteiger partial charge >= 0.3 is 0 Å². The Balaban J connectivity index is 1.94. The zero-order valence-corrected chi connectivity index (χ0v) is 12.6. The van der Waals surface area contributed by atoms with Crippen LogP contribution in [0, 0.1) is 12.8 Å². The lowest BCUT2D eigenvalue weighted by Crippen LogP contribution is -2.22. The van der Waals surface area contributed by atoms with Crippen LogP contribution in [0.25, 0.3) is 0 Å². The average Bonchev–Trinajstić information content (AvgIpc) is 2.92. The normalized spacial score (nSPS) is 17.8. The van der Waals surface area contributed by atoms with Gasteiger partial charge in [0.15, 0.2) is 0 Å². The second-order valence-corrected chi connectivity index (χ2v) is 6.15. The van der Waals surface area contributed by atoms with Crippen molar-refractivity contribution in [3.63, 3.8) is 0 Å². The lowest BCUT2D eigenvalue weighted by atomic mass is 9.94. The van der Waals surface area contributed by atoms with Crippen LogP contribution in [0.4, 0.5) is 0 Å². The van der Waals surface area contributed by atoms with Gasteiger partial charge in [0.05, 0.1) is 0 Å². The fourth-order valence-corrected chi connectivity index (χ4v) is 3.29. The van der Waals surface area contributed by atoms with Crippen molar-refractivity contribution in [3.8, 4) is 0 Å². The maximum absolute atomic E-state index is 3.74. The zero-order valence-electron chi connectivity index (χ0n) is 12.6. The lowest BCUT2D eigenvalue weighted by Gasteiger charge is -2.21. The Morgan fingerprint density at radius 3 is 2.74 bits per heavy atom. The zero-order chi connectivity index (χ0) is 13.5. The van der Waals surface area contributed by atoms with Gasteiger partial charge in [-0.15, -0.1) is 0 Å². The molecule has 1 atom stereocenters. The van der Waals surface area contributed by atoms with E-state index in [0.29, 0.717) is 6.04 Å². The fourth-order valence-electron chi connectivity index (χ4n) is 3.29. The van der Waals surface area contributed by atoms with E-state index in [9.17, 15) is 0 Å². The van der Waals surface area contributed by atoms with Gasteiger partial charge in [0.25, 0.3) is 0 Å². The molecule has 0 bridgehead atoms. The fraction of sp³-hybridized carbons (Fsp3) is 0.667. The second kappa shape index (κ2) is 7.69. The van der Waals surface area contributed by atoms with Gasteiger partial charge < -0.3 is 5.32 Å². The molecular formula is C18H29N. The highest BCUT2D eigenvalue weighted by Gasteiger charge is 2.18. The Morgan fingerprint density at radius 1 is 1.26 bits per heavy atom. The molecule has 1 unspecified atom stereocenters. The molecule has 1 saturated carbocycles. The van der Waals surface area contributed by atoms with Crippen LogP contribution in [0.15, 0.2) is 24.3 Å². The summed E-state index contributed by atoms with van der Waals surface area (Å²) in [6.07, 6.45) is 9.77. The largest absolute Gasteiger partial charge is 0.310 e. The average molecular weight is 259 g/mol. The first-order valence-corrected chi connectivity index (χ1v) is 8.09. The minimum absolute atomic E-state index is 0.556. The number of aryl methyl sites for hydroxylation is 1. The summed E-state index contributed by atoms with van der Waals surface area (Å²) < 4.78 is 0. The molecule has 2 rings (SSSR count). The van der Waals surface area contributed by atoms with Crippen LogP contribution in [0.5, 0.6) is 0 Å². The van der Waals surface area contributed by atoms with E-state index < -0.39 is 0 Å². The summed E-state index contributed by atoms with van der Waals surface area (Å²) in [5.74, 6) is 0.996. The van der Waals surface area contributed by atoms with Gasteiger partial charge in [0, 0.05) is 6.04 Å². The minimum atomic E-state index is 0.556. The van der Waals surface area contributed by atoms with Crippen molar-refractivity contribution >= 4 is 0 Å². The van der Waals surface area contributed by atoms with E-state index in [2.05, 4.69) is 43.4 Å². The van der Waals surface area contributed by atoms with Crippen molar-refractivity contribution in [2.75, 3.05) is 6.54 Å². The maximum Gasteiger partial charge on any atom is 0.0320 e. The molecule has 1 aromatic carbocycles. The number of hydrogen-bond donors (Lipinski definition) is 1. The van der Waals surface area contributed by atoms with Crippen molar-refractivity contribution in [1.29, 1.82) is 0 Å². The van der Waals surface area contributed by atoms with E-state index in [4.69, 9.17) is 0 Å². The Labute approximate surface area is 118 Å². The topological polar surface area (TPSA) is 12.0 Å². The first-order chi connectivity index (χ1) is 9.29. The molecule has 1 heteroatoms. The molecule has 1 nitrogen and oxygen atoms in total. The number of rotatable bonds is 7. The van der Waals surface area contributed by atoms with Crippen molar-refractivity contribution in [3.05, 3.63) is 35.4 Å². The number of benzene rings is 1. The van der Waals surface area contributed by atoms with Gasteiger partial charge in [0.2, 0.25) is 0 Å². The van der Waals surface area contributed by atoms with Crippen LogP contribution in [0.3, 0.4) is 0 Å². The number of nitrogens with one attached hydrogen (secondary N) is 1. The Morgan fingerprint density at radius 2 is 2.05 bits per heavy atom. The van der Waals surface area contributed by atoms with E-state index in [-0.39, 0.29) is 0 Å². The van der Waals surface area contributed by atoms with Crippen LogP contribution in [0.2, 0.25) is 0 Å². The third-order valence-corrected chi connectivity index (χ3v) is 4.42. The van der Waals surface area contributed by atoms with Crippen LogP contribution >= 0.6 is 0 Å². The van der Waals surface area contributed by atoms with Gasteiger partial charge in [-0.3, -0.25) is 0 Å². The third kappa shape index (κ3) is 4.65. The highest BCUT2D eigenvalue weighted by molar-refractivity contribution is 5.25. The summed E-state index contributed by atoms with van der Waals surface area (Å²) in [7, 11) is 0. The smallest absolute Gasteiger partial charge is 0.0320 e. The van der Waals surface area contributed by atoms with Crippen LogP contribution in [0.1, 0.15) is 69.0 Å². The molecule has 1 N–H and O–H groups in total. The van der Waals surface area contributed by atoms with Crippen molar-refractivity contribution in [1.82, 2.24) is 5.32 Å². The predicted octanol–water partition coefficient (Wildman–Crippen LogP) is 5.01. The Kier molecular flexibility index (Phi) is 5.91. The molecule has 1 fully saturated rings. The maximum atomic E-state index is 3.74. The SMILES string of the molecule is CCCNC(CCC1CCCC1)c1cccc(C)c1. The molecule has 106 valence electrons. The first-order valence-electron chi connectivity index (χ1n) is 8.09. The van der Waals surface area contributed by atoms with E-state index in [1.807, 2.05) is 0 Å². The monoisotopic (exact) mass is 259 g/mol. The summed E-state index contributed by atoms with van der Waals surface area (Å²) >= 11 is 0. The molecule has 0 spiro atoms. The lowest BCUT2D eigenvalue weighted by molar-refractivity contribution is 0.412. The molecule has 0 amide bonds. The molecule has 0 saturated heterocycles. The molecule has 19 heavy (non-hydrogen) atoms. The minimum Gasteiger partial charge on any atom is -0.310 e. The van der Waals surface area contributed by atoms with Crippen molar-refractivity contribution in [2.45, 2.75) is 64.8 Å². The van der Waals surface area contributed by atoms with Gasteiger partial charge in [0.1, 0.15) is 0 Å². The van der Waals surface area contributed by atoms with Crippen molar-refractivity contribution in [2.24, 2.45) is 5.92 Å². The molecule has 1 aliphatic carbocycles. The van der Waals surface area contributed by atoms with Gasteiger partial charge in [-0.2, -0.15) is 0 Å². The summed E-state index contributed by atoms with van der Waals surface area (Å²) in [6, 6.07) is 9.58. The third-order valence-electron chi connectivity index (χ3n) is 4.42. The quantitative estimate of drug-likeness (QED) is 0.726. The molecular weight excluding hydrogens is 230 g/mol. The molecule has 0 aliphatic heterocycles. The van der Waals surface area contributed by atoms with E-state index in [0.717, 1.165) is 12.5 Å². The summed E-state index contributed by atoms with van der Waals surface area (Å²) in [4.78, 5) is 0. The van der Waals surface area contributed by atoms with Gasteiger partial charge in [-0.1, -0.05) is 62.4 Å². The first kappa shape index (κ1) is 14.6. The van der Waals surface area contributed by atoms with Gasteiger partial charge in [-0.05, 0) is 44.2 Å². The van der Waals surface area contributed by atoms with Crippen LogP contribution < -0.4 is 5.32 Å².